The Labute approximate surface area is 119 Å². The van der Waals surface area contributed by atoms with Crippen molar-refractivity contribution >= 4 is 17.2 Å². The number of nitrogens with two attached hydrogens (primary N) is 1. The number of piperidine rings is 1. The van der Waals surface area contributed by atoms with E-state index in [1.54, 1.807) is 11.3 Å². The molecule has 3 nitrogen and oxygen atoms in total. The Balaban J connectivity index is 2.22. The number of hydrogen-bond acceptors (Lipinski definition) is 3. The lowest BCUT2D eigenvalue weighted by Crippen LogP contribution is -2.65. The molecule has 2 N–H and O–H groups in total. The maximum Gasteiger partial charge on any atom is 0.228 e. The first-order chi connectivity index (χ1) is 8.72. The Morgan fingerprint density at radius 1 is 1.37 bits per heavy atom. The largest absolute Gasteiger partial charge is 0.332 e. The van der Waals surface area contributed by atoms with Gasteiger partial charge in [0, 0.05) is 22.0 Å². The van der Waals surface area contributed by atoms with Crippen LogP contribution in [0.1, 0.15) is 45.4 Å². The molecule has 0 saturated carbocycles. The highest BCUT2D eigenvalue weighted by Crippen LogP contribution is 2.38. The molecule has 2 rings (SSSR count). The Kier molecular flexibility index (Phi) is 3.76. The lowest BCUT2D eigenvalue weighted by Gasteiger charge is -2.54. The molecule has 1 aromatic heterocycles. The van der Waals surface area contributed by atoms with Crippen molar-refractivity contribution in [3.63, 3.8) is 0 Å². The molecule has 0 aliphatic carbocycles. The van der Waals surface area contributed by atoms with Gasteiger partial charge in [-0.15, -0.1) is 11.3 Å². The van der Waals surface area contributed by atoms with Gasteiger partial charge in [-0.25, -0.2) is 0 Å². The first-order valence-corrected chi connectivity index (χ1v) is 7.71. The molecular weight excluding hydrogens is 256 g/mol. The van der Waals surface area contributed by atoms with E-state index in [9.17, 15) is 4.79 Å². The summed E-state index contributed by atoms with van der Waals surface area (Å²) in [5.74, 6) is 0.212. The highest BCUT2D eigenvalue weighted by molar-refractivity contribution is 7.10. The second kappa shape index (κ2) is 4.91. The van der Waals surface area contributed by atoms with Gasteiger partial charge in [0.15, 0.2) is 0 Å². The molecule has 2 heterocycles. The van der Waals surface area contributed by atoms with E-state index >= 15 is 0 Å². The van der Waals surface area contributed by atoms with E-state index in [0.29, 0.717) is 6.42 Å². The van der Waals surface area contributed by atoms with E-state index < -0.39 is 0 Å². The van der Waals surface area contributed by atoms with Crippen molar-refractivity contribution in [1.82, 2.24) is 4.90 Å². The minimum absolute atomic E-state index is 0.171. The van der Waals surface area contributed by atoms with Crippen LogP contribution in [0.25, 0.3) is 0 Å². The van der Waals surface area contributed by atoms with Crippen LogP contribution in [-0.4, -0.2) is 27.9 Å². The molecular formula is C15H24N2OS. The van der Waals surface area contributed by atoms with Crippen LogP contribution >= 0.6 is 11.3 Å². The lowest BCUT2D eigenvalue weighted by atomic mass is 9.77. The molecule has 0 bridgehead atoms. The van der Waals surface area contributed by atoms with Crippen molar-refractivity contribution in [3.8, 4) is 0 Å². The van der Waals surface area contributed by atoms with Gasteiger partial charge < -0.3 is 10.6 Å². The maximum absolute atomic E-state index is 12.7. The molecule has 0 aromatic carbocycles. The van der Waals surface area contributed by atoms with Gasteiger partial charge in [0.2, 0.25) is 5.91 Å². The zero-order valence-corrected chi connectivity index (χ0v) is 13.1. The number of rotatable bonds is 2. The molecule has 1 fully saturated rings. The lowest BCUT2D eigenvalue weighted by molar-refractivity contribution is -0.148. The first-order valence-electron chi connectivity index (χ1n) is 6.83. The predicted molar refractivity (Wildman–Crippen MR) is 80.2 cm³/mol. The molecule has 1 amide bonds. The topological polar surface area (TPSA) is 46.3 Å². The van der Waals surface area contributed by atoms with Gasteiger partial charge in [-0.1, -0.05) is 6.07 Å². The molecule has 4 heteroatoms. The fourth-order valence-electron chi connectivity index (χ4n) is 3.67. The normalized spacial score (nSPS) is 22.5. The molecule has 1 aliphatic rings. The maximum atomic E-state index is 12.7. The van der Waals surface area contributed by atoms with Crippen LogP contribution in [0.2, 0.25) is 0 Å². The fraction of sp³-hybridized carbons (Fsp3) is 0.667. The standard InChI is InChI=1S/C15H24N2OS/c1-14(2)9-11(16)10-15(3,4)17(14)13(18)8-12-6-5-7-19-12/h5-7,11H,8-10,16H2,1-4H3. The fourth-order valence-corrected chi connectivity index (χ4v) is 4.37. The van der Waals surface area contributed by atoms with E-state index in [0.717, 1.165) is 17.7 Å². The molecule has 1 aliphatic heterocycles. The summed E-state index contributed by atoms with van der Waals surface area (Å²) in [4.78, 5) is 15.9. The van der Waals surface area contributed by atoms with Crippen molar-refractivity contribution in [2.75, 3.05) is 0 Å². The second-order valence-corrected chi connectivity index (χ2v) is 7.81. The molecule has 19 heavy (non-hydrogen) atoms. The van der Waals surface area contributed by atoms with Gasteiger partial charge in [0.1, 0.15) is 0 Å². The predicted octanol–water partition coefficient (Wildman–Crippen LogP) is 2.80. The summed E-state index contributed by atoms with van der Waals surface area (Å²) in [7, 11) is 0. The number of thiophene rings is 1. The van der Waals surface area contributed by atoms with Crippen molar-refractivity contribution in [2.45, 2.75) is 64.1 Å². The highest BCUT2D eigenvalue weighted by atomic mass is 32.1. The Morgan fingerprint density at radius 3 is 2.42 bits per heavy atom. The number of amides is 1. The number of carbonyl (C=O) groups is 1. The van der Waals surface area contributed by atoms with Crippen LogP contribution in [-0.2, 0) is 11.2 Å². The molecule has 106 valence electrons. The summed E-state index contributed by atoms with van der Waals surface area (Å²) >= 11 is 1.64. The summed E-state index contributed by atoms with van der Waals surface area (Å²) in [5, 5.41) is 2.02. The van der Waals surface area contributed by atoms with Crippen LogP contribution in [0.15, 0.2) is 17.5 Å². The molecule has 0 spiro atoms. The van der Waals surface area contributed by atoms with Crippen molar-refractivity contribution in [1.29, 1.82) is 0 Å². The summed E-state index contributed by atoms with van der Waals surface area (Å²) in [5.41, 5.74) is 5.81. The SMILES string of the molecule is CC1(C)CC(N)CC(C)(C)N1C(=O)Cc1cccs1. The van der Waals surface area contributed by atoms with Crippen LogP contribution in [0, 0.1) is 0 Å². The molecule has 0 atom stereocenters. The van der Waals surface area contributed by atoms with Gasteiger partial charge in [-0.3, -0.25) is 4.79 Å². The second-order valence-electron chi connectivity index (χ2n) is 6.78. The summed E-state index contributed by atoms with van der Waals surface area (Å²) in [6.07, 6.45) is 2.24. The number of likely N-dealkylation sites (tertiary alicyclic amines) is 1. The quantitative estimate of drug-likeness (QED) is 0.905. The van der Waals surface area contributed by atoms with Gasteiger partial charge in [0.05, 0.1) is 6.42 Å². The number of carbonyl (C=O) groups excluding carboxylic acids is 1. The zero-order valence-electron chi connectivity index (χ0n) is 12.3. The smallest absolute Gasteiger partial charge is 0.228 e. The average molecular weight is 280 g/mol. The number of hydrogen-bond donors (Lipinski definition) is 1. The third-order valence-corrected chi connectivity index (χ3v) is 4.77. The van der Waals surface area contributed by atoms with Crippen molar-refractivity contribution < 1.29 is 4.79 Å². The van der Waals surface area contributed by atoms with Crippen LogP contribution in [0.5, 0.6) is 0 Å². The molecule has 1 saturated heterocycles. The zero-order chi connectivity index (χ0) is 14.3. The van der Waals surface area contributed by atoms with Crippen molar-refractivity contribution in [3.05, 3.63) is 22.4 Å². The number of nitrogens with zero attached hydrogens (tertiary/aromatic N) is 1. The molecule has 1 aromatic rings. The van der Waals surface area contributed by atoms with E-state index in [-0.39, 0.29) is 23.0 Å². The molecule has 0 radical (unpaired) electrons. The Bertz CT molecular complexity index is 433. The van der Waals surface area contributed by atoms with Crippen LogP contribution in [0.3, 0.4) is 0 Å². The van der Waals surface area contributed by atoms with Gasteiger partial charge in [-0.2, -0.15) is 0 Å². The Hall–Kier alpha value is -0.870. The van der Waals surface area contributed by atoms with Gasteiger partial charge in [0.25, 0.3) is 0 Å². The third-order valence-electron chi connectivity index (χ3n) is 3.89. The minimum atomic E-state index is -0.171. The van der Waals surface area contributed by atoms with Gasteiger partial charge >= 0.3 is 0 Å². The summed E-state index contributed by atoms with van der Waals surface area (Å²) in [6.45, 7) is 8.50. The van der Waals surface area contributed by atoms with E-state index in [2.05, 4.69) is 32.6 Å². The van der Waals surface area contributed by atoms with Crippen molar-refractivity contribution in [2.24, 2.45) is 5.73 Å². The van der Waals surface area contributed by atoms with Crippen LogP contribution < -0.4 is 5.73 Å². The minimum Gasteiger partial charge on any atom is -0.332 e. The van der Waals surface area contributed by atoms with Crippen LogP contribution in [0.4, 0.5) is 0 Å². The highest BCUT2D eigenvalue weighted by Gasteiger charge is 2.46. The third kappa shape index (κ3) is 3.00. The Morgan fingerprint density at radius 2 is 1.95 bits per heavy atom. The molecule has 0 unspecified atom stereocenters. The average Bonchev–Trinajstić information content (AvgIpc) is 2.64. The van der Waals surface area contributed by atoms with E-state index in [4.69, 9.17) is 5.73 Å². The summed E-state index contributed by atoms with van der Waals surface area (Å²) in [6, 6.07) is 4.20. The van der Waals surface area contributed by atoms with E-state index in [1.807, 2.05) is 17.5 Å². The van der Waals surface area contributed by atoms with Gasteiger partial charge in [-0.05, 0) is 52.0 Å². The summed E-state index contributed by atoms with van der Waals surface area (Å²) < 4.78 is 0. The first kappa shape index (κ1) is 14.5. The monoisotopic (exact) mass is 280 g/mol. The van der Waals surface area contributed by atoms with E-state index in [1.165, 1.54) is 0 Å².